The second-order valence-corrected chi connectivity index (χ2v) is 7.24. The number of quaternary nitrogens is 1. The molecule has 2 atom stereocenters. The number of likely N-dealkylation sites (N-methyl/N-ethyl adjacent to an activating group) is 1. The number of hydrogen-bond acceptors (Lipinski definition) is 7. The third-order valence-corrected chi connectivity index (χ3v) is 3.54. The number of carboxylic acids is 1. The lowest BCUT2D eigenvalue weighted by Gasteiger charge is -2.28. The molecule has 0 fully saturated rings. The predicted molar refractivity (Wildman–Crippen MR) is 83.1 cm³/mol. The monoisotopic (exact) mass is 348 g/mol. The third kappa shape index (κ3) is 11.6. The van der Waals surface area contributed by atoms with Crippen LogP contribution in [0, 0.1) is 0 Å². The zero-order chi connectivity index (χ0) is 18.2. The number of rotatable bonds is 9. The summed E-state index contributed by atoms with van der Waals surface area (Å²) < 4.78 is 5.63. The van der Waals surface area contributed by atoms with Crippen LogP contribution in [0.5, 0.6) is 0 Å². The predicted octanol–water partition coefficient (Wildman–Crippen LogP) is -1.47. The molecule has 0 aliphatic carbocycles. The molecule has 23 heavy (non-hydrogen) atoms. The standard InChI is InChI=1S/C14H24N2O6S/c1-9(17)15-12(14(20)21)8-23-13(19)6-11(22-10(2)18)7-16(3,4)5/h11-12H,6-8H2,1-5H3,(H-,15,17,20,21)/t11-,12?/m1/s1. The molecule has 1 unspecified atom stereocenters. The Morgan fingerprint density at radius 2 is 1.74 bits per heavy atom. The largest absolute Gasteiger partial charge is 0.548 e. The fraction of sp³-hybridized carbons (Fsp3) is 0.714. The van der Waals surface area contributed by atoms with Crippen molar-refractivity contribution in [2.75, 3.05) is 33.4 Å². The van der Waals surface area contributed by atoms with Crippen LogP contribution in [0.3, 0.4) is 0 Å². The van der Waals surface area contributed by atoms with Gasteiger partial charge in [0.25, 0.3) is 0 Å². The van der Waals surface area contributed by atoms with Gasteiger partial charge < -0.3 is 24.4 Å². The Kier molecular flexibility index (Phi) is 8.85. The van der Waals surface area contributed by atoms with Crippen molar-refractivity contribution in [1.29, 1.82) is 0 Å². The van der Waals surface area contributed by atoms with Crippen LogP contribution in [-0.4, -0.2) is 73.0 Å². The highest BCUT2D eigenvalue weighted by Crippen LogP contribution is 2.13. The number of carboxylic acid groups (broad SMARTS) is 1. The first kappa shape index (κ1) is 21.4. The second kappa shape index (κ2) is 9.51. The summed E-state index contributed by atoms with van der Waals surface area (Å²) in [6.45, 7) is 2.89. The van der Waals surface area contributed by atoms with E-state index in [1.165, 1.54) is 13.8 Å². The molecule has 0 rings (SSSR count). The van der Waals surface area contributed by atoms with Gasteiger partial charge in [-0.2, -0.15) is 0 Å². The maximum absolute atomic E-state index is 12.0. The molecule has 9 heteroatoms. The van der Waals surface area contributed by atoms with Crippen molar-refractivity contribution in [1.82, 2.24) is 5.32 Å². The Bertz CT molecular complexity index is 461. The summed E-state index contributed by atoms with van der Waals surface area (Å²) >= 11 is 0.764. The van der Waals surface area contributed by atoms with Crippen LogP contribution in [0.2, 0.25) is 0 Å². The Morgan fingerprint density at radius 1 is 1.17 bits per heavy atom. The van der Waals surface area contributed by atoms with Crippen LogP contribution >= 0.6 is 11.8 Å². The van der Waals surface area contributed by atoms with E-state index in [-0.39, 0.29) is 17.3 Å². The Hall–Kier alpha value is -1.61. The van der Waals surface area contributed by atoms with Crippen LogP contribution in [0.25, 0.3) is 0 Å². The van der Waals surface area contributed by atoms with Crippen LogP contribution < -0.4 is 10.4 Å². The van der Waals surface area contributed by atoms with Crippen LogP contribution in [-0.2, 0) is 23.9 Å². The first-order valence-corrected chi connectivity index (χ1v) is 8.00. The van der Waals surface area contributed by atoms with Gasteiger partial charge in [-0.15, -0.1) is 0 Å². The van der Waals surface area contributed by atoms with Crippen molar-refractivity contribution < 1.29 is 33.5 Å². The topological polar surface area (TPSA) is 113 Å². The normalized spacial score (nSPS) is 13.8. The molecule has 1 amide bonds. The Balaban J connectivity index is 4.58. The number of nitrogens with one attached hydrogen (secondary N) is 1. The summed E-state index contributed by atoms with van der Waals surface area (Å²) in [6, 6.07) is -1.24. The first-order chi connectivity index (χ1) is 10.4. The number of carbonyl (C=O) groups excluding carboxylic acids is 4. The molecule has 1 N–H and O–H groups in total. The minimum atomic E-state index is -1.46. The molecule has 0 bridgehead atoms. The van der Waals surface area contributed by atoms with Gasteiger partial charge in [0.15, 0.2) is 11.2 Å². The average Bonchev–Trinajstić information content (AvgIpc) is 2.30. The van der Waals surface area contributed by atoms with Gasteiger partial charge >= 0.3 is 5.97 Å². The lowest BCUT2D eigenvalue weighted by molar-refractivity contribution is -0.873. The third-order valence-electron chi connectivity index (χ3n) is 2.55. The Labute approximate surface area is 140 Å². The number of thioether (sulfide) groups is 1. The summed E-state index contributed by atoms with van der Waals surface area (Å²) in [5, 5.41) is 12.8. The maximum Gasteiger partial charge on any atom is 0.303 e. The van der Waals surface area contributed by atoms with E-state index in [4.69, 9.17) is 4.74 Å². The highest BCUT2D eigenvalue weighted by Gasteiger charge is 2.24. The zero-order valence-electron chi connectivity index (χ0n) is 14.1. The fourth-order valence-electron chi connectivity index (χ4n) is 1.82. The molecule has 0 heterocycles. The summed E-state index contributed by atoms with van der Waals surface area (Å²) in [7, 11) is 5.70. The van der Waals surface area contributed by atoms with E-state index in [1.807, 2.05) is 21.1 Å². The molecule has 0 saturated carbocycles. The number of carbonyl (C=O) groups is 4. The molecule has 0 aromatic rings. The Morgan fingerprint density at radius 3 is 2.13 bits per heavy atom. The van der Waals surface area contributed by atoms with E-state index in [0.29, 0.717) is 11.0 Å². The molecule has 0 aliphatic rings. The second-order valence-electron chi connectivity index (χ2n) is 6.16. The minimum absolute atomic E-state index is 0.0282. The molecular weight excluding hydrogens is 324 g/mol. The van der Waals surface area contributed by atoms with Gasteiger partial charge in [-0.05, 0) is 0 Å². The first-order valence-electron chi connectivity index (χ1n) is 7.02. The summed E-state index contributed by atoms with van der Waals surface area (Å²) in [4.78, 5) is 44.9. The molecule has 0 radical (unpaired) electrons. The van der Waals surface area contributed by atoms with Gasteiger partial charge in [-0.1, -0.05) is 11.8 Å². The zero-order valence-corrected chi connectivity index (χ0v) is 14.9. The number of ether oxygens (including phenoxy) is 1. The average molecular weight is 348 g/mol. The van der Waals surface area contributed by atoms with E-state index in [0.717, 1.165) is 11.8 Å². The van der Waals surface area contributed by atoms with E-state index in [2.05, 4.69) is 5.32 Å². The number of esters is 1. The van der Waals surface area contributed by atoms with E-state index >= 15 is 0 Å². The number of aliphatic carboxylic acids is 1. The van der Waals surface area contributed by atoms with E-state index < -0.39 is 30.0 Å². The molecular formula is C14H24N2O6S. The van der Waals surface area contributed by atoms with Crippen molar-refractivity contribution >= 4 is 34.7 Å². The van der Waals surface area contributed by atoms with Crippen molar-refractivity contribution in [2.24, 2.45) is 0 Å². The summed E-state index contributed by atoms with van der Waals surface area (Å²) in [5.41, 5.74) is 0. The van der Waals surface area contributed by atoms with Crippen molar-refractivity contribution in [3.8, 4) is 0 Å². The van der Waals surface area contributed by atoms with Crippen molar-refractivity contribution in [3.05, 3.63) is 0 Å². The fourth-order valence-corrected chi connectivity index (χ4v) is 2.70. The number of amides is 1. The van der Waals surface area contributed by atoms with Gasteiger partial charge in [0.2, 0.25) is 5.91 Å². The molecule has 0 aromatic heterocycles. The van der Waals surface area contributed by atoms with Crippen molar-refractivity contribution in [3.63, 3.8) is 0 Å². The van der Waals surface area contributed by atoms with Crippen LogP contribution in [0.4, 0.5) is 0 Å². The number of nitrogens with zero attached hydrogens (tertiary/aromatic N) is 1. The lowest BCUT2D eigenvalue weighted by Crippen LogP contribution is -2.49. The molecule has 0 spiro atoms. The van der Waals surface area contributed by atoms with Crippen LogP contribution in [0.15, 0.2) is 0 Å². The van der Waals surface area contributed by atoms with E-state index in [9.17, 15) is 24.3 Å². The van der Waals surface area contributed by atoms with Gasteiger partial charge in [0.05, 0.1) is 39.6 Å². The molecule has 0 aliphatic heterocycles. The van der Waals surface area contributed by atoms with Gasteiger partial charge in [-0.25, -0.2) is 0 Å². The summed E-state index contributed by atoms with van der Waals surface area (Å²) in [6.07, 6.45) is -0.616. The highest BCUT2D eigenvalue weighted by molar-refractivity contribution is 8.13. The molecule has 0 aromatic carbocycles. The maximum atomic E-state index is 12.0. The smallest absolute Gasteiger partial charge is 0.303 e. The summed E-state index contributed by atoms with van der Waals surface area (Å²) in [5.74, 6) is -2.59. The SMILES string of the molecule is CC(=O)NC(CSC(=O)C[C@H](C[N+](C)(C)C)OC(C)=O)C(=O)[O-]. The quantitative estimate of drug-likeness (QED) is 0.400. The highest BCUT2D eigenvalue weighted by atomic mass is 32.2. The molecule has 0 saturated heterocycles. The van der Waals surface area contributed by atoms with Gasteiger partial charge in [-0.3, -0.25) is 14.4 Å². The van der Waals surface area contributed by atoms with Crippen LogP contribution in [0.1, 0.15) is 20.3 Å². The molecule has 132 valence electrons. The minimum Gasteiger partial charge on any atom is -0.548 e. The van der Waals surface area contributed by atoms with Gasteiger partial charge in [0.1, 0.15) is 6.54 Å². The molecule has 8 nitrogen and oxygen atoms in total. The van der Waals surface area contributed by atoms with E-state index in [1.54, 1.807) is 0 Å². The lowest BCUT2D eigenvalue weighted by atomic mass is 10.2. The number of hydrogen-bond donors (Lipinski definition) is 1. The van der Waals surface area contributed by atoms with Gasteiger partial charge in [0, 0.05) is 19.6 Å². The van der Waals surface area contributed by atoms with Crippen molar-refractivity contribution in [2.45, 2.75) is 32.4 Å².